The van der Waals surface area contributed by atoms with Crippen LogP contribution in [0.5, 0.6) is 0 Å². The van der Waals surface area contributed by atoms with E-state index in [1.807, 2.05) is 6.92 Å². The van der Waals surface area contributed by atoms with Crippen LogP contribution in [0.3, 0.4) is 0 Å². The van der Waals surface area contributed by atoms with Crippen LogP contribution in [0.15, 0.2) is 4.42 Å². The lowest BCUT2D eigenvalue weighted by Gasteiger charge is -2.25. The highest BCUT2D eigenvalue weighted by Gasteiger charge is 2.21. The minimum atomic E-state index is -0.691. The highest BCUT2D eigenvalue weighted by molar-refractivity contribution is 4.81. The van der Waals surface area contributed by atoms with Crippen LogP contribution in [0.25, 0.3) is 0 Å². The Balaban J connectivity index is 2.29. The predicted octanol–water partition coefficient (Wildman–Crippen LogP) is 1.26. The van der Waals surface area contributed by atoms with Crippen LogP contribution in [0.1, 0.15) is 39.0 Å². The van der Waals surface area contributed by atoms with Gasteiger partial charge in [0.05, 0.1) is 12.1 Å². The standard InChI is InChI=1S/C11H21N3O2/c1-8(2)5-11(4,15)7-12-6-10-14-13-9(3)16-10/h8,12,15H,5-7H2,1-4H3. The average Bonchev–Trinajstić information content (AvgIpc) is 2.48. The summed E-state index contributed by atoms with van der Waals surface area (Å²) in [4.78, 5) is 0. The van der Waals surface area contributed by atoms with Crippen LogP contribution in [-0.4, -0.2) is 27.4 Å². The quantitative estimate of drug-likeness (QED) is 0.765. The zero-order chi connectivity index (χ0) is 12.2. The van der Waals surface area contributed by atoms with Gasteiger partial charge in [-0.3, -0.25) is 0 Å². The summed E-state index contributed by atoms with van der Waals surface area (Å²) in [6.07, 6.45) is 0.767. The van der Waals surface area contributed by atoms with Crippen molar-refractivity contribution in [2.45, 2.75) is 46.3 Å². The molecule has 1 aromatic rings. The van der Waals surface area contributed by atoms with E-state index in [1.54, 1.807) is 6.92 Å². The summed E-state index contributed by atoms with van der Waals surface area (Å²) in [5.74, 6) is 1.59. The summed E-state index contributed by atoms with van der Waals surface area (Å²) >= 11 is 0. The van der Waals surface area contributed by atoms with Crippen molar-refractivity contribution in [3.8, 4) is 0 Å². The van der Waals surface area contributed by atoms with Gasteiger partial charge in [0.25, 0.3) is 0 Å². The van der Waals surface area contributed by atoms with Crippen LogP contribution in [0.4, 0.5) is 0 Å². The SMILES string of the molecule is Cc1nnc(CNCC(C)(O)CC(C)C)o1. The lowest BCUT2D eigenvalue weighted by Crippen LogP contribution is -2.38. The molecule has 1 atom stereocenters. The molecule has 1 unspecified atom stereocenters. The van der Waals surface area contributed by atoms with E-state index in [0.29, 0.717) is 30.8 Å². The highest BCUT2D eigenvalue weighted by atomic mass is 16.4. The van der Waals surface area contributed by atoms with E-state index in [1.165, 1.54) is 0 Å². The van der Waals surface area contributed by atoms with Gasteiger partial charge in [-0.25, -0.2) is 0 Å². The minimum absolute atomic E-state index is 0.474. The number of aryl methyl sites for hydroxylation is 1. The summed E-state index contributed by atoms with van der Waals surface area (Å²) in [6.45, 7) is 8.79. The van der Waals surface area contributed by atoms with E-state index in [0.717, 1.165) is 6.42 Å². The fourth-order valence-electron chi connectivity index (χ4n) is 1.80. The fourth-order valence-corrected chi connectivity index (χ4v) is 1.80. The first-order valence-corrected chi connectivity index (χ1v) is 5.61. The number of nitrogens with zero attached hydrogens (tertiary/aromatic N) is 2. The Hall–Kier alpha value is -0.940. The molecule has 5 heteroatoms. The summed E-state index contributed by atoms with van der Waals surface area (Å²) in [5.41, 5.74) is -0.691. The van der Waals surface area contributed by atoms with E-state index in [2.05, 4.69) is 29.4 Å². The molecule has 0 aliphatic rings. The topological polar surface area (TPSA) is 71.2 Å². The summed E-state index contributed by atoms with van der Waals surface area (Å²) in [7, 11) is 0. The zero-order valence-corrected chi connectivity index (χ0v) is 10.4. The third kappa shape index (κ3) is 4.72. The van der Waals surface area contributed by atoms with Crippen molar-refractivity contribution in [2.75, 3.05) is 6.54 Å². The predicted molar refractivity (Wildman–Crippen MR) is 60.8 cm³/mol. The maximum atomic E-state index is 10.0. The third-order valence-electron chi connectivity index (χ3n) is 2.20. The lowest BCUT2D eigenvalue weighted by atomic mass is 9.94. The molecular formula is C11H21N3O2. The molecular weight excluding hydrogens is 206 g/mol. The molecule has 0 saturated carbocycles. The number of hydrogen-bond donors (Lipinski definition) is 2. The molecule has 0 fully saturated rings. The average molecular weight is 227 g/mol. The van der Waals surface area contributed by atoms with Gasteiger partial charge >= 0.3 is 0 Å². The van der Waals surface area contributed by atoms with Crippen LogP contribution < -0.4 is 5.32 Å². The van der Waals surface area contributed by atoms with Crippen molar-refractivity contribution >= 4 is 0 Å². The zero-order valence-electron chi connectivity index (χ0n) is 10.4. The number of aliphatic hydroxyl groups is 1. The number of rotatable bonds is 6. The van der Waals surface area contributed by atoms with Crippen LogP contribution in [0, 0.1) is 12.8 Å². The first-order valence-electron chi connectivity index (χ1n) is 5.61. The fraction of sp³-hybridized carbons (Fsp3) is 0.818. The van der Waals surface area contributed by atoms with Crippen molar-refractivity contribution < 1.29 is 9.52 Å². The first kappa shape index (κ1) is 13.1. The lowest BCUT2D eigenvalue weighted by molar-refractivity contribution is 0.0378. The van der Waals surface area contributed by atoms with E-state index in [4.69, 9.17) is 4.42 Å². The van der Waals surface area contributed by atoms with E-state index >= 15 is 0 Å². The van der Waals surface area contributed by atoms with Crippen LogP contribution >= 0.6 is 0 Å². The number of hydrogen-bond acceptors (Lipinski definition) is 5. The summed E-state index contributed by atoms with van der Waals surface area (Å²) in [5, 5.41) is 20.7. The molecule has 16 heavy (non-hydrogen) atoms. The first-order chi connectivity index (χ1) is 7.39. The Morgan fingerprint density at radius 1 is 1.44 bits per heavy atom. The van der Waals surface area contributed by atoms with Gasteiger partial charge in [-0.15, -0.1) is 10.2 Å². The molecule has 0 aliphatic heterocycles. The molecule has 5 nitrogen and oxygen atoms in total. The molecule has 0 bridgehead atoms. The van der Waals surface area contributed by atoms with Crippen molar-refractivity contribution in [3.05, 3.63) is 11.8 Å². The maximum Gasteiger partial charge on any atom is 0.230 e. The Morgan fingerprint density at radius 3 is 2.62 bits per heavy atom. The van der Waals surface area contributed by atoms with Gasteiger partial charge in [0.2, 0.25) is 11.8 Å². The minimum Gasteiger partial charge on any atom is -0.424 e. The molecule has 0 spiro atoms. The van der Waals surface area contributed by atoms with Crippen molar-refractivity contribution in [1.82, 2.24) is 15.5 Å². The summed E-state index contributed by atoms with van der Waals surface area (Å²) < 4.78 is 5.21. The Labute approximate surface area is 96.3 Å². The smallest absolute Gasteiger partial charge is 0.230 e. The largest absolute Gasteiger partial charge is 0.424 e. The molecule has 0 aromatic carbocycles. The Bertz CT molecular complexity index is 321. The molecule has 1 heterocycles. The van der Waals surface area contributed by atoms with E-state index < -0.39 is 5.60 Å². The molecule has 0 radical (unpaired) electrons. The van der Waals surface area contributed by atoms with Gasteiger partial charge in [0.1, 0.15) is 0 Å². The molecule has 1 rings (SSSR count). The van der Waals surface area contributed by atoms with Crippen molar-refractivity contribution in [2.24, 2.45) is 5.92 Å². The highest BCUT2D eigenvalue weighted by Crippen LogP contribution is 2.15. The van der Waals surface area contributed by atoms with Gasteiger partial charge in [0, 0.05) is 13.5 Å². The molecule has 1 aromatic heterocycles. The second-order valence-corrected chi connectivity index (χ2v) is 4.91. The molecule has 0 saturated heterocycles. The Morgan fingerprint density at radius 2 is 2.12 bits per heavy atom. The van der Waals surface area contributed by atoms with Gasteiger partial charge in [-0.05, 0) is 19.3 Å². The third-order valence-corrected chi connectivity index (χ3v) is 2.20. The van der Waals surface area contributed by atoms with Gasteiger partial charge < -0.3 is 14.8 Å². The normalized spacial score (nSPS) is 15.4. The van der Waals surface area contributed by atoms with E-state index in [9.17, 15) is 5.11 Å². The summed E-state index contributed by atoms with van der Waals surface area (Å²) in [6, 6.07) is 0. The second-order valence-electron chi connectivity index (χ2n) is 4.91. The second kappa shape index (κ2) is 5.41. The maximum absolute atomic E-state index is 10.0. The Kier molecular flexibility index (Phi) is 4.44. The molecule has 0 amide bonds. The van der Waals surface area contributed by atoms with Crippen molar-refractivity contribution in [3.63, 3.8) is 0 Å². The number of aromatic nitrogens is 2. The molecule has 0 aliphatic carbocycles. The van der Waals surface area contributed by atoms with Gasteiger partial charge in [-0.2, -0.15) is 0 Å². The van der Waals surface area contributed by atoms with Gasteiger partial charge in [-0.1, -0.05) is 13.8 Å². The molecule has 92 valence electrons. The van der Waals surface area contributed by atoms with Crippen LogP contribution in [-0.2, 0) is 6.54 Å². The van der Waals surface area contributed by atoms with Crippen molar-refractivity contribution in [1.29, 1.82) is 0 Å². The molecule has 2 N–H and O–H groups in total. The monoisotopic (exact) mass is 227 g/mol. The van der Waals surface area contributed by atoms with Gasteiger partial charge in [0.15, 0.2) is 0 Å². The van der Waals surface area contributed by atoms with E-state index in [-0.39, 0.29) is 0 Å². The number of nitrogens with one attached hydrogen (secondary N) is 1. The van der Waals surface area contributed by atoms with Crippen LogP contribution in [0.2, 0.25) is 0 Å².